The van der Waals surface area contributed by atoms with Crippen molar-refractivity contribution in [3.8, 4) is 11.5 Å². The maximum absolute atomic E-state index is 5.66. The van der Waals surface area contributed by atoms with Crippen molar-refractivity contribution < 1.29 is 14.1 Å². The summed E-state index contributed by atoms with van der Waals surface area (Å²) in [4.78, 5) is 0. The quantitative estimate of drug-likeness (QED) is 0.463. The number of nitrogens with two attached hydrogens (primary N) is 1. The maximum atomic E-state index is 5.66. The number of benzene rings is 1. The molecule has 0 aliphatic rings. The zero-order valence-electron chi connectivity index (χ0n) is 12.1. The van der Waals surface area contributed by atoms with Gasteiger partial charge in [0.2, 0.25) is 0 Å². The number of hydrogen-bond donors (Lipinski definition) is 2. The number of thiocarbonyl (C=S) groups is 1. The molecular weight excluding hydrogens is 306 g/mol. The molecule has 8 nitrogen and oxygen atoms in total. The summed E-state index contributed by atoms with van der Waals surface area (Å²) in [6.07, 6.45) is 1.57. The minimum Gasteiger partial charge on any atom is -0.493 e. The highest BCUT2D eigenvalue weighted by Gasteiger charge is 2.09. The summed E-state index contributed by atoms with van der Waals surface area (Å²) < 4.78 is 15.6. The van der Waals surface area contributed by atoms with Gasteiger partial charge < -0.3 is 15.2 Å². The van der Waals surface area contributed by atoms with Crippen LogP contribution in [0.2, 0.25) is 0 Å². The van der Waals surface area contributed by atoms with E-state index in [1.807, 2.05) is 6.07 Å². The SMILES string of the molecule is COc1cc(/C=N/NC(N)=S)ccc1OCc1nonc1C. The van der Waals surface area contributed by atoms with Gasteiger partial charge in [0.05, 0.1) is 13.3 Å². The van der Waals surface area contributed by atoms with Gasteiger partial charge in [0.15, 0.2) is 16.6 Å². The van der Waals surface area contributed by atoms with Gasteiger partial charge in [-0.1, -0.05) is 10.3 Å². The molecule has 9 heteroatoms. The van der Waals surface area contributed by atoms with Gasteiger partial charge in [-0.25, -0.2) is 4.63 Å². The Morgan fingerprint density at radius 3 is 2.91 bits per heavy atom. The molecule has 22 heavy (non-hydrogen) atoms. The van der Waals surface area contributed by atoms with Gasteiger partial charge in [-0.2, -0.15) is 5.10 Å². The molecule has 116 valence electrons. The number of nitrogens with one attached hydrogen (secondary N) is 1. The zero-order chi connectivity index (χ0) is 15.9. The molecule has 0 saturated carbocycles. The fourth-order valence-corrected chi connectivity index (χ4v) is 1.63. The minimum atomic E-state index is 0.0970. The van der Waals surface area contributed by atoms with Crippen LogP contribution >= 0.6 is 12.2 Å². The Balaban J connectivity index is 2.07. The largest absolute Gasteiger partial charge is 0.493 e. The predicted octanol–water partition coefficient (Wildman–Crippen LogP) is 1.13. The molecule has 0 radical (unpaired) electrons. The molecule has 0 fully saturated rings. The van der Waals surface area contributed by atoms with Gasteiger partial charge in [-0.05, 0) is 42.9 Å². The van der Waals surface area contributed by atoms with Crippen molar-refractivity contribution in [2.45, 2.75) is 13.5 Å². The van der Waals surface area contributed by atoms with Gasteiger partial charge in [0.1, 0.15) is 18.0 Å². The lowest BCUT2D eigenvalue weighted by molar-refractivity contribution is 0.260. The molecule has 1 aromatic heterocycles. The van der Waals surface area contributed by atoms with E-state index in [2.05, 4.69) is 37.7 Å². The first kappa shape index (κ1) is 15.7. The highest BCUT2D eigenvalue weighted by Crippen LogP contribution is 2.28. The summed E-state index contributed by atoms with van der Waals surface area (Å²) in [5, 5.41) is 11.4. The number of hydrogen-bond acceptors (Lipinski definition) is 7. The van der Waals surface area contributed by atoms with Crippen LogP contribution in [0, 0.1) is 6.92 Å². The van der Waals surface area contributed by atoms with E-state index in [0.717, 1.165) is 5.56 Å². The van der Waals surface area contributed by atoms with Crippen LogP contribution in [0.15, 0.2) is 27.9 Å². The highest BCUT2D eigenvalue weighted by molar-refractivity contribution is 7.80. The Kier molecular flexibility index (Phi) is 5.26. The van der Waals surface area contributed by atoms with E-state index in [-0.39, 0.29) is 11.7 Å². The van der Waals surface area contributed by atoms with E-state index in [0.29, 0.717) is 22.9 Å². The zero-order valence-corrected chi connectivity index (χ0v) is 12.9. The topological polar surface area (TPSA) is 108 Å². The van der Waals surface area contributed by atoms with Crippen LogP contribution in [-0.2, 0) is 6.61 Å². The Bertz CT molecular complexity index is 686. The smallest absolute Gasteiger partial charge is 0.184 e. The molecule has 1 aromatic carbocycles. The molecule has 0 spiro atoms. The number of rotatable bonds is 6. The Hall–Kier alpha value is -2.68. The average Bonchev–Trinajstić information content (AvgIpc) is 2.90. The van der Waals surface area contributed by atoms with E-state index < -0.39 is 0 Å². The molecule has 0 aliphatic carbocycles. The second-order valence-electron chi connectivity index (χ2n) is 4.23. The second-order valence-corrected chi connectivity index (χ2v) is 4.67. The van der Waals surface area contributed by atoms with Gasteiger partial charge in [0.25, 0.3) is 0 Å². The van der Waals surface area contributed by atoms with Crippen LogP contribution < -0.4 is 20.6 Å². The lowest BCUT2D eigenvalue weighted by atomic mass is 10.2. The first-order valence-corrected chi connectivity index (χ1v) is 6.68. The van der Waals surface area contributed by atoms with Gasteiger partial charge in [0, 0.05) is 0 Å². The van der Waals surface area contributed by atoms with Crippen LogP contribution in [0.3, 0.4) is 0 Å². The maximum Gasteiger partial charge on any atom is 0.184 e. The number of methoxy groups -OCH3 is 1. The van der Waals surface area contributed by atoms with Crippen molar-refractivity contribution in [1.29, 1.82) is 0 Å². The average molecular weight is 321 g/mol. The molecule has 0 bridgehead atoms. The van der Waals surface area contributed by atoms with Crippen LogP contribution in [0.1, 0.15) is 17.0 Å². The number of aromatic nitrogens is 2. The highest BCUT2D eigenvalue weighted by atomic mass is 32.1. The minimum absolute atomic E-state index is 0.0970. The number of nitrogens with zero attached hydrogens (tertiary/aromatic N) is 3. The molecule has 0 atom stereocenters. The molecule has 0 saturated heterocycles. The van der Waals surface area contributed by atoms with E-state index >= 15 is 0 Å². The van der Waals surface area contributed by atoms with Crippen molar-refractivity contribution >= 4 is 23.5 Å². The summed E-state index contributed by atoms with van der Waals surface area (Å²) in [5.74, 6) is 1.14. The Morgan fingerprint density at radius 1 is 1.45 bits per heavy atom. The molecule has 0 amide bonds. The normalized spacial score (nSPS) is 10.6. The summed E-state index contributed by atoms with van der Waals surface area (Å²) in [6, 6.07) is 5.36. The van der Waals surface area contributed by atoms with Crippen molar-refractivity contribution in [3.63, 3.8) is 0 Å². The van der Waals surface area contributed by atoms with Crippen LogP contribution in [0.25, 0.3) is 0 Å². The van der Waals surface area contributed by atoms with Crippen LogP contribution in [0.4, 0.5) is 0 Å². The fraction of sp³-hybridized carbons (Fsp3) is 0.231. The Morgan fingerprint density at radius 2 is 2.27 bits per heavy atom. The summed E-state index contributed by atoms with van der Waals surface area (Å²) >= 11 is 4.65. The van der Waals surface area contributed by atoms with Crippen LogP contribution in [-0.4, -0.2) is 28.8 Å². The second kappa shape index (κ2) is 7.36. The number of aryl methyl sites for hydroxylation is 1. The van der Waals surface area contributed by atoms with E-state index in [1.165, 1.54) is 0 Å². The third kappa shape index (κ3) is 4.16. The van der Waals surface area contributed by atoms with E-state index in [9.17, 15) is 0 Å². The summed E-state index contributed by atoms with van der Waals surface area (Å²) in [6.45, 7) is 2.03. The van der Waals surface area contributed by atoms with Gasteiger partial charge >= 0.3 is 0 Å². The molecule has 0 aliphatic heterocycles. The number of ether oxygens (including phenoxy) is 2. The molecule has 1 heterocycles. The summed E-state index contributed by atoms with van der Waals surface area (Å²) in [7, 11) is 1.55. The predicted molar refractivity (Wildman–Crippen MR) is 83.9 cm³/mol. The molecule has 2 rings (SSSR count). The number of hydrazone groups is 1. The van der Waals surface area contributed by atoms with Crippen molar-refractivity contribution in [1.82, 2.24) is 15.7 Å². The van der Waals surface area contributed by atoms with E-state index in [1.54, 1.807) is 32.4 Å². The molecule has 3 N–H and O–H groups in total. The van der Waals surface area contributed by atoms with Crippen molar-refractivity contribution in [2.24, 2.45) is 10.8 Å². The lowest BCUT2D eigenvalue weighted by Gasteiger charge is -2.10. The first-order valence-electron chi connectivity index (χ1n) is 6.27. The Labute approximate surface area is 132 Å². The standard InChI is InChI=1S/C13H15N5O3S/c1-8-10(18-21-17-8)7-20-11-4-3-9(5-12(11)19-2)6-15-16-13(14)22/h3-6H,7H2,1-2H3,(H3,14,16,22)/b15-6+. The van der Waals surface area contributed by atoms with Crippen molar-refractivity contribution in [3.05, 3.63) is 35.2 Å². The summed E-state index contributed by atoms with van der Waals surface area (Å²) in [5.41, 5.74) is 9.87. The van der Waals surface area contributed by atoms with E-state index in [4.69, 9.17) is 15.2 Å². The third-order valence-corrected chi connectivity index (χ3v) is 2.78. The van der Waals surface area contributed by atoms with Crippen LogP contribution in [0.5, 0.6) is 11.5 Å². The first-order chi connectivity index (χ1) is 10.6. The lowest BCUT2D eigenvalue weighted by Crippen LogP contribution is -2.23. The van der Waals surface area contributed by atoms with Crippen molar-refractivity contribution in [2.75, 3.05) is 7.11 Å². The third-order valence-electron chi connectivity index (χ3n) is 2.69. The fourth-order valence-electron chi connectivity index (χ4n) is 1.58. The molecule has 2 aromatic rings. The van der Waals surface area contributed by atoms with Gasteiger partial charge in [-0.3, -0.25) is 5.43 Å². The monoisotopic (exact) mass is 321 g/mol. The van der Waals surface area contributed by atoms with Gasteiger partial charge in [-0.15, -0.1) is 0 Å². The molecule has 0 unspecified atom stereocenters. The molecular formula is C13H15N5O3S.